The zero-order chi connectivity index (χ0) is 41.9. The SMILES string of the molecule is [C-]#[N+]c1ccc2c(c1)-c1c(-c3ccc(-c4ccc(-c5nc(-c6ccc(-c7ccccc7)cc6)nc(-c6ccc7c(c6)oc6ccccc67)n5)cc4)cc3)cccc1C21CCCCC1. The van der Waals surface area contributed by atoms with Crippen LogP contribution in [0, 0.1) is 6.57 Å². The highest BCUT2D eigenvalue weighted by Gasteiger charge is 2.44. The Morgan fingerprint density at radius 2 is 0.968 bits per heavy atom. The average Bonchev–Trinajstić information content (AvgIpc) is 3.86. The van der Waals surface area contributed by atoms with Crippen LogP contribution >= 0.6 is 0 Å². The van der Waals surface area contributed by atoms with Crippen molar-refractivity contribution in [3.05, 3.63) is 205 Å². The molecule has 0 N–H and O–H groups in total. The molecular formula is C58H40N4O. The van der Waals surface area contributed by atoms with Crippen LogP contribution in [-0.2, 0) is 5.41 Å². The molecule has 5 heteroatoms. The van der Waals surface area contributed by atoms with Gasteiger partial charge in [-0.25, -0.2) is 19.8 Å². The summed E-state index contributed by atoms with van der Waals surface area (Å²) >= 11 is 0. The molecule has 0 atom stereocenters. The standard InChI is InChI=1S/C58H40N4O/c1-59-45-30-32-50-49(36-45)54-46(14-10-15-51(54)58(50)33-8-3-9-34-58)41-23-17-39(18-24-41)40-21-27-43(28-22-40)56-60-55(42-25-19-38(20-26-42)37-11-4-2-5-12-37)61-57(62-56)44-29-31-48-47-13-6-7-16-52(47)63-53(48)35-44/h2,4-7,10-32,35-36H,3,8-9,33-34H2. The molecule has 0 bridgehead atoms. The van der Waals surface area contributed by atoms with E-state index in [0.717, 1.165) is 73.7 Å². The second-order valence-electron chi connectivity index (χ2n) is 16.9. The van der Waals surface area contributed by atoms with Crippen LogP contribution in [0.4, 0.5) is 5.69 Å². The molecule has 0 saturated heterocycles. The van der Waals surface area contributed by atoms with E-state index in [2.05, 4.69) is 150 Å². The smallest absolute Gasteiger partial charge is 0.187 e. The molecule has 0 radical (unpaired) electrons. The predicted octanol–water partition coefficient (Wildman–Crippen LogP) is 15.6. The quantitative estimate of drug-likeness (QED) is 0.157. The van der Waals surface area contributed by atoms with E-state index >= 15 is 0 Å². The molecule has 1 saturated carbocycles. The third kappa shape index (κ3) is 6.25. The molecule has 0 unspecified atom stereocenters. The Kier molecular flexibility index (Phi) is 8.72. The van der Waals surface area contributed by atoms with Gasteiger partial charge in [0.15, 0.2) is 23.2 Å². The van der Waals surface area contributed by atoms with Crippen LogP contribution in [0.25, 0.3) is 105 Å². The van der Waals surface area contributed by atoms with Crippen LogP contribution in [0.5, 0.6) is 0 Å². The highest BCUT2D eigenvalue weighted by molar-refractivity contribution is 6.05. The van der Waals surface area contributed by atoms with E-state index in [1.54, 1.807) is 0 Å². The van der Waals surface area contributed by atoms with Gasteiger partial charge in [0.2, 0.25) is 0 Å². The lowest BCUT2D eigenvalue weighted by Crippen LogP contribution is -2.27. The largest absolute Gasteiger partial charge is 0.456 e. The number of nitrogens with zero attached hydrogens (tertiary/aromatic N) is 4. The van der Waals surface area contributed by atoms with Crippen molar-refractivity contribution in [3.63, 3.8) is 0 Å². The molecule has 298 valence electrons. The zero-order valence-corrected chi connectivity index (χ0v) is 34.6. The monoisotopic (exact) mass is 808 g/mol. The van der Waals surface area contributed by atoms with Crippen LogP contribution in [0.1, 0.15) is 43.2 Å². The van der Waals surface area contributed by atoms with Gasteiger partial charge >= 0.3 is 0 Å². The van der Waals surface area contributed by atoms with Crippen molar-refractivity contribution in [1.29, 1.82) is 0 Å². The molecule has 0 aliphatic heterocycles. The second-order valence-corrected chi connectivity index (χ2v) is 16.9. The van der Waals surface area contributed by atoms with Crippen molar-refractivity contribution in [2.24, 2.45) is 0 Å². The summed E-state index contributed by atoms with van der Waals surface area (Å²) in [6.07, 6.45) is 6.09. The van der Waals surface area contributed by atoms with Crippen molar-refractivity contribution in [3.8, 4) is 78.7 Å². The van der Waals surface area contributed by atoms with Gasteiger partial charge in [-0.2, -0.15) is 0 Å². The van der Waals surface area contributed by atoms with Gasteiger partial charge in [0.25, 0.3) is 0 Å². The molecule has 1 spiro atoms. The van der Waals surface area contributed by atoms with Gasteiger partial charge in [0, 0.05) is 32.9 Å². The topological polar surface area (TPSA) is 56.2 Å². The van der Waals surface area contributed by atoms with Gasteiger partial charge in [0.1, 0.15) is 11.2 Å². The molecule has 10 aromatic rings. The van der Waals surface area contributed by atoms with Crippen LogP contribution in [0.3, 0.4) is 0 Å². The van der Waals surface area contributed by atoms with E-state index in [0.29, 0.717) is 23.2 Å². The Bertz CT molecular complexity index is 3410. The summed E-state index contributed by atoms with van der Waals surface area (Å²) < 4.78 is 6.27. The van der Waals surface area contributed by atoms with Crippen molar-refractivity contribution >= 4 is 27.6 Å². The Morgan fingerprint density at radius 1 is 0.413 bits per heavy atom. The molecule has 0 amide bonds. The van der Waals surface area contributed by atoms with Gasteiger partial charge < -0.3 is 4.42 Å². The normalized spacial score (nSPS) is 13.8. The lowest BCUT2D eigenvalue weighted by Gasteiger charge is -2.36. The van der Waals surface area contributed by atoms with Crippen LogP contribution in [0.15, 0.2) is 186 Å². The summed E-state index contributed by atoms with van der Waals surface area (Å²) in [6, 6.07) is 63.8. The Morgan fingerprint density at radius 3 is 1.63 bits per heavy atom. The number of fused-ring (bicyclic) bond motifs is 8. The molecule has 63 heavy (non-hydrogen) atoms. The average molecular weight is 809 g/mol. The fourth-order valence-corrected chi connectivity index (χ4v) is 10.3. The molecule has 2 aliphatic carbocycles. The van der Waals surface area contributed by atoms with Gasteiger partial charge in [-0.1, -0.05) is 177 Å². The summed E-state index contributed by atoms with van der Waals surface area (Å²) in [5.74, 6) is 1.79. The highest BCUT2D eigenvalue weighted by Crippen LogP contribution is 2.58. The van der Waals surface area contributed by atoms with Gasteiger partial charge in [-0.05, 0) is 92.7 Å². The molecule has 2 aliphatic rings. The number of para-hydroxylation sites is 1. The first-order chi connectivity index (χ1) is 31.1. The molecule has 12 rings (SSSR count). The fourth-order valence-electron chi connectivity index (χ4n) is 10.3. The summed E-state index contributed by atoms with van der Waals surface area (Å²) in [4.78, 5) is 19.0. The summed E-state index contributed by atoms with van der Waals surface area (Å²) in [5.41, 5.74) is 17.4. The molecule has 8 aromatic carbocycles. The van der Waals surface area contributed by atoms with Crippen LogP contribution in [0.2, 0.25) is 0 Å². The molecule has 5 nitrogen and oxygen atoms in total. The lowest BCUT2D eigenvalue weighted by molar-refractivity contribution is 0.353. The lowest BCUT2D eigenvalue weighted by atomic mass is 9.67. The summed E-state index contributed by atoms with van der Waals surface area (Å²) in [7, 11) is 0. The number of furan rings is 1. The second kappa shape index (κ2) is 14.9. The Labute approximate surface area is 366 Å². The number of benzene rings is 8. The van der Waals surface area contributed by atoms with Gasteiger partial charge in [0.05, 0.1) is 6.57 Å². The van der Waals surface area contributed by atoms with Gasteiger partial charge in [-0.3, -0.25) is 0 Å². The third-order valence-corrected chi connectivity index (χ3v) is 13.4. The van der Waals surface area contributed by atoms with Crippen molar-refractivity contribution < 1.29 is 4.42 Å². The number of hydrogen-bond donors (Lipinski definition) is 0. The minimum atomic E-state index is 0.0380. The van der Waals surface area contributed by atoms with E-state index in [9.17, 15) is 0 Å². The first-order valence-electron chi connectivity index (χ1n) is 21.8. The maximum Gasteiger partial charge on any atom is 0.187 e. The van der Waals surface area contributed by atoms with E-state index in [1.165, 1.54) is 52.6 Å². The van der Waals surface area contributed by atoms with Crippen LogP contribution < -0.4 is 0 Å². The predicted molar refractivity (Wildman–Crippen MR) is 255 cm³/mol. The highest BCUT2D eigenvalue weighted by atomic mass is 16.3. The number of hydrogen-bond acceptors (Lipinski definition) is 4. The van der Waals surface area contributed by atoms with Gasteiger partial charge in [-0.15, -0.1) is 0 Å². The summed E-state index contributed by atoms with van der Waals surface area (Å²) in [6.45, 7) is 7.79. The number of aromatic nitrogens is 3. The minimum absolute atomic E-state index is 0.0380. The Hall–Kier alpha value is -7.94. The maximum atomic E-state index is 7.79. The van der Waals surface area contributed by atoms with Crippen molar-refractivity contribution in [2.75, 3.05) is 0 Å². The first-order valence-corrected chi connectivity index (χ1v) is 21.8. The Balaban J connectivity index is 0.892. The molecule has 2 heterocycles. The number of rotatable bonds is 6. The van der Waals surface area contributed by atoms with Crippen molar-refractivity contribution in [2.45, 2.75) is 37.5 Å². The van der Waals surface area contributed by atoms with E-state index < -0.39 is 0 Å². The van der Waals surface area contributed by atoms with E-state index in [1.807, 2.05) is 36.4 Å². The fraction of sp³-hybridized carbons (Fsp3) is 0.103. The first kappa shape index (κ1) is 36.9. The van der Waals surface area contributed by atoms with Crippen LogP contribution in [-0.4, -0.2) is 15.0 Å². The molecule has 1 fully saturated rings. The van der Waals surface area contributed by atoms with Crippen molar-refractivity contribution in [1.82, 2.24) is 15.0 Å². The minimum Gasteiger partial charge on any atom is -0.456 e. The maximum absolute atomic E-state index is 7.79. The molecular weight excluding hydrogens is 769 g/mol. The third-order valence-electron chi connectivity index (χ3n) is 13.4. The summed E-state index contributed by atoms with van der Waals surface area (Å²) in [5, 5.41) is 2.15. The van der Waals surface area contributed by atoms with E-state index in [4.69, 9.17) is 25.9 Å². The van der Waals surface area contributed by atoms with E-state index in [-0.39, 0.29) is 5.41 Å². The zero-order valence-electron chi connectivity index (χ0n) is 34.6. The molecule has 2 aromatic heterocycles.